The molecule has 0 radical (unpaired) electrons. The van der Waals surface area contributed by atoms with Gasteiger partial charge in [0.1, 0.15) is 0 Å². The molecular formula is C15H22N2. The predicted molar refractivity (Wildman–Crippen MR) is 70.1 cm³/mol. The Balaban J connectivity index is 1.82. The molecule has 0 N–H and O–H groups in total. The fourth-order valence-electron chi connectivity index (χ4n) is 3.20. The summed E-state index contributed by atoms with van der Waals surface area (Å²) in [5, 5.41) is 0. The quantitative estimate of drug-likeness (QED) is 0.737. The van der Waals surface area contributed by atoms with Crippen molar-refractivity contribution in [2.75, 3.05) is 13.6 Å². The zero-order valence-corrected chi connectivity index (χ0v) is 10.8. The summed E-state index contributed by atoms with van der Waals surface area (Å²) in [6.45, 7) is 2.24. The van der Waals surface area contributed by atoms with Crippen LogP contribution in [0.4, 0.5) is 0 Å². The Morgan fingerprint density at radius 1 is 1.18 bits per heavy atom. The lowest BCUT2D eigenvalue weighted by Gasteiger charge is -2.26. The second-order valence-electron chi connectivity index (χ2n) is 5.66. The van der Waals surface area contributed by atoms with Crippen LogP contribution in [0.5, 0.6) is 0 Å². The monoisotopic (exact) mass is 230 g/mol. The molecule has 1 fully saturated rings. The molecule has 1 saturated carbocycles. The minimum Gasteiger partial charge on any atom is -0.302 e. The summed E-state index contributed by atoms with van der Waals surface area (Å²) in [7, 11) is 2.19. The minimum absolute atomic E-state index is 0.744. The van der Waals surface area contributed by atoms with Gasteiger partial charge in [-0.2, -0.15) is 0 Å². The van der Waals surface area contributed by atoms with Gasteiger partial charge in [0.25, 0.3) is 0 Å². The summed E-state index contributed by atoms with van der Waals surface area (Å²) in [4.78, 5) is 7.32. The largest absolute Gasteiger partial charge is 0.302 e. The molecule has 1 aliphatic heterocycles. The van der Waals surface area contributed by atoms with Gasteiger partial charge in [0, 0.05) is 36.8 Å². The average Bonchev–Trinajstić information content (AvgIpc) is 2.39. The van der Waals surface area contributed by atoms with Crippen molar-refractivity contribution in [2.45, 2.75) is 51.0 Å². The number of hydrogen-bond acceptors (Lipinski definition) is 2. The van der Waals surface area contributed by atoms with E-state index in [1.165, 1.54) is 49.1 Å². The van der Waals surface area contributed by atoms with Crippen LogP contribution in [0.25, 0.3) is 0 Å². The molecule has 0 bridgehead atoms. The lowest BCUT2D eigenvalue weighted by molar-refractivity contribution is 0.309. The zero-order chi connectivity index (χ0) is 11.7. The maximum atomic E-state index is 4.94. The smallest absolute Gasteiger partial charge is 0.0464 e. The minimum atomic E-state index is 0.744. The van der Waals surface area contributed by atoms with Gasteiger partial charge in [-0.05, 0) is 31.5 Å². The van der Waals surface area contributed by atoms with Gasteiger partial charge < -0.3 is 4.90 Å². The molecule has 0 aromatic carbocycles. The number of nitrogens with zero attached hydrogens (tertiary/aromatic N) is 2. The van der Waals surface area contributed by atoms with Crippen LogP contribution in [0.2, 0.25) is 0 Å². The number of pyridine rings is 1. The second kappa shape index (κ2) is 4.77. The first-order valence-electron chi connectivity index (χ1n) is 7.00. The molecule has 0 unspecified atom stereocenters. The highest BCUT2D eigenvalue weighted by Gasteiger charge is 2.20. The van der Waals surface area contributed by atoms with Crippen molar-refractivity contribution >= 4 is 0 Å². The first-order chi connectivity index (χ1) is 8.33. The first kappa shape index (κ1) is 11.2. The van der Waals surface area contributed by atoms with Gasteiger partial charge in [-0.15, -0.1) is 0 Å². The molecule has 3 rings (SSSR count). The van der Waals surface area contributed by atoms with Crippen molar-refractivity contribution in [1.82, 2.24) is 9.88 Å². The normalized spacial score (nSPS) is 22.4. The Kier molecular flexibility index (Phi) is 3.15. The molecule has 0 amide bonds. The summed E-state index contributed by atoms with van der Waals surface area (Å²) < 4.78 is 0. The maximum Gasteiger partial charge on any atom is 0.0464 e. The van der Waals surface area contributed by atoms with Gasteiger partial charge in [-0.25, -0.2) is 0 Å². The van der Waals surface area contributed by atoms with Crippen LogP contribution in [0.3, 0.4) is 0 Å². The van der Waals surface area contributed by atoms with Crippen LogP contribution in [-0.2, 0) is 13.0 Å². The van der Waals surface area contributed by atoms with Gasteiger partial charge in [-0.3, -0.25) is 4.98 Å². The number of hydrogen-bond donors (Lipinski definition) is 0. The molecule has 0 saturated heterocycles. The topological polar surface area (TPSA) is 16.1 Å². The lowest BCUT2D eigenvalue weighted by Crippen LogP contribution is -2.27. The number of aromatic nitrogens is 1. The molecular weight excluding hydrogens is 208 g/mol. The molecule has 2 aliphatic rings. The van der Waals surface area contributed by atoms with E-state index in [0.29, 0.717) is 0 Å². The van der Waals surface area contributed by atoms with E-state index in [4.69, 9.17) is 4.98 Å². The summed E-state index contributed by atoms with van der Waals surface area (Å²) in [5.74, 6) is 0.744. The van der Waals surface area contributed by atoms with E-state index in [-0.39, 0.29) is 0 Å². The van der Waals surface area contributed by atoms with E-state index in [1.54, 1.807) is 0 Å². The standard InChI is InChI=1S/C15H22N2/c1-17-10-9-15-13(11-17)7-8-14(16-15)12-5-3-2-4-6-12/h7-8,12H,2-6,9-11H2,1H3. The van der Waals surface area contributed by atoms with Gasteiger partial charge in [0.15, 0.2) is 0 Å². The van der Waals surface area contributed by atoms with Crippen LogP contribution in [0.15, 0.2) is 12.1 Å². The highest BCUT2D eigenvalue weighted by Crippen LogP contribution is 2.32. The number of rotatable bonds is 1. The lowest BCUT2D eigenvalue weighted by atomic mass is 9.86. The van der Waals surface area contributed by atoms with Crippen molar-refractivity contribution in [3.8, 4) is 0 Å². The Labute approximate surface area is 104 Å². The fraction of sp³-hybridized carbons (Fsp3) is 0.667. The molecule has 0 spiro atoms. The third-order valence-electron chi connectivity index (χ3n) is 4.28. The van der Waals surface area contributed by atoms with Crippen LogP contribution in [0.1, 0.15) is 55.0 Å². The molecule has 2 heterocycles. The van der Waals surface area contributed by atoms with Gasteiger partial charge in [0.2, 0.25) is 0 Å². The van der Waals surface area contributed by atoms with E-state index in [9.17, 15) is 0 Å². The first-order valence-corrected chi connectivity index (χ1v) is 7.00. The Bertz CT molecular complexity index is 394. The summed E-state index contributed by atoms with van der Waals surface area (Å²) in [6, 6.07) is 4.61. The highest BCUT2D eigenvalue weighted by molar-refractivity contribution is 5.26. The Morgan fingerprint density at radius 2 is 2.00 bits per heavy atom. The fourth-order valence-corrected chi connectivity index (χ4v) is 3.20. The van der Waals surface area contributed by atoms with Crippen LogP contribution < -0.4 is 0 Å². The zero-order valence-electron chi connectivity index (χ0n) is 10.8. The molecule has 0 atom stereocenters. The van der Waals surface area contributed by atoms with E-state index < -0.39 is 0 Å². The Hall–Kier alpha value is -0.890. The van der Waals surface area contributed by atoms with Gasteiger partial charge in [0.05, 0.1) is 0 Å². The van der Waals surface area contributed by atoms with E-state index in [1.807, 2.05) is 0 Å². The van der Waals surface area contributed by atoms with Crippen LogP contribution in [-0.4, -0.2) is 23.5 Å². The number of fused-ring (bicyclic) bond motifs is 1. The SMILES string of the molecule is CN1CCc2nc(C3CCCCC3)ccc2C1. The predicted octanol–water partition coefficient (Wildman–Crippen LogP) is 3.12. The third kappa shape index (κ3) is 2.37. The molecule has 1 aromatic heterocycles. The second-order valence-corrected chi connectivity index (χ2v) is 5.66. The summed E-state index contributed by atoms with van der Waals surface area (Å²) >= 11 is 0. The molecule has 92 valence electrons. The van der Waals surface area contributed by atoms with Crippen LogP contribution >= 0.6 is 0 Å². The summed E-state index contributed by atoms with van der Waals surface area (Å²) in [5.41, 5.74) is 4.18. The number of likely N-dealkylation sites (N-methyl/N-ethyl adjacent to an activating group) is 1. The molecule has 2 nitrogen and oxygen atoms in total. The van der Waals surface area contributed by atoms with E-state index >= 15 is 0 Å². The van der Waals surface area contributed by atoms with Crippen molar-refractivity contribution in [2.24, 2.45) is 0 Å². The third-order valence-corrected chi connectivity index (χ3v) is 4.28. The van der Waals surface area contributed by atoms with Crippen molar-refractivity contribution in [3.05, 3.63) is 29.1 Å². The van der Waals surface area contributed by atoms with Crippen molar-refractivity contribution in [1.29, 1.82) is 0 Å². The van der Waals surface area contributed by atoms with Crippen molar-refractivity contribution in [3.63, 3.8) is 0 Å². The Morgan fingerprint density at radius 3 is 2.82 bits per heavy atom. The van der Waals surface area contributed by atoms with Gasteiger partial charge in [-0.1, -0.05) is 25.3 Å². The average molecular weight is 230 g/mol. The highest BCUT2D eigenvalue weighted by atomic mass is 15.1. The molecule has 17 heavy (non-hydrogen) atoms. The van der Waals surface area contributed by atoms with Crippen LogP contribution in [0, 0.1) is 0 Å². The summed E-state index contributed by atoms with van der Waals surface area (Å²) in [6.07, 6.45) is 8.05. The molecule has 1 aromatic rings. The maximum absolute atomic E-state index is 4.94. The van der Waals surface area contributed by atoms with E-state index in [0.717, 1.165) is 25.4 Å². The van der Waals surface area contributed by atoms with Gasteiger partial charge >= 0.3 is 0 Å². The van der Waals surface area contributed by atoms with E-state index in [2.05, 4.69) is 24.1 Å². The van der Waals surface area contributed by atoms with Crippen molar-refractivity contribution < 1.29 is 0 Å². The molecule has 2 heteroatoms. The molecule has 1 aliphatic carbocycles.